The van der Waals surface area contributed by atoms with Crippen molar-refractivity contribution in [2.45, 2.75) is 0 Å². The van der Waals surface area contributed by atoms with E-state index >= 15 is 0 Å². The number of hydrogen-bond donors (Lipinski definition) is 2. The van der Waals surface area contributed by atoms with Crippen molar-refractivity contribution < 1.29 is 23.1 Å². The van der Waals surface area contributed by atoms with Crippen LogP contribution in [-0.2, 0) is 0 Å². The molecule has 146 valence electrons. The minimum Gasteiger partial charge on any atom is -0.477 e. The Kier molecular flexibility index (Phi) is 4.72. The Morgan fingerprint density at radius 3 is 2.36 bits per heavy atom. The molecule has 0 bridgehead atoms. The molecule has 1 heterocycles. The fourth-order valence-electron chi connectivity index (χ4n) is 2.90. The van der Waals surface area contributed by atoms with Gasteiger partial charge in [0.1, 0.15) is 23.0 Å². The zero-order valence-corrected chi connectivity index (χ0v) is 15.3. The molecule has 0 unspecified atom stereocenters. The first kappa shape index (κ1) is 19.6. The van der Waals surface area contributed by atoms with Gasteiger partial charge in [-0.1, -0.05) is 11.6 Å². The number of rotatable bonds is 3. The van der Waals surface area contributed by atoms with Gasteiger partial charge < -0.3 is 20.3 Å². The first-order valence-electron chi connectivity index (χ1n) is 7.77. The summed E-state index contributed by atoms with van der Waals surface area (Å²) in [5.74, 6) is -4.58. The maximum atomic E-state index is 14.5. The van der Waals surface area contributed by atoms with Crippen LogP contribution in [0.2, 0.25) is 5.02 Å². The lowest BCUT2D eigenvalue weighted by molar-refractivity contribution is 0.0695. The molecule has 2 aromatic carbocycles. The van der Waals surface area contributed by atoms with Crippen molar-refractivity contribution >= 4 is 39.8 Å². The number of fused-ring (bicyclic) bond motifs is 1. The van der Waals surface area contributed by atoms with Crippen LogP contribution in [0.25, 0.3) is 16.6 Å². The minimum absolute atomic E-state index is 0.0964. The summed E-state index contributed by atoms with van der Waals surface area (Å²) in [6.45, 7) is 0. The third-order valence-corrected chi connectivity index (χ3v) is 4.52. The van der Waals surface area contributed by atoms with Gasteiger partial charge in [0.2, 0.25) is 5.43 Å². The van der Waals surface area contributed by atoms with E-state index in [0.717, 1.165) is 22.9 Å². The van der Waals surface area contributed by atoms with Crippen LogP contribution in [0.4, 0.5) is 24.5 Å². The summed E-state index contributed by atoms with van der Waals surface area (Å²) >= 11 is 6.31. The van der Waals surface area contributed by atoms with E-state index in [9.17, 15) is 27.9 Å². The average Bonchev–Trinajstić information content (AvgIpc) is 2.58. The van der Waals surface area contributed by atoms with Crippen molar-refractivity contribution in [1.29, 1.82) is 0 Å². The van der Waals surface area contributed by atoms with Crippen molar-refractivity contribution in [3.63, 3.8) is 0 Å². The number of nitrogens with zero attached hydrogens (tertiary/aromatic N) is 2. The van der Waals surface area contributed by atoms with Gasteiger partial charge in [-0.25, -0.2) is 18.0 Å². The molecule has 1 aromatic heterocycles. The fraction of sp³-hybridized carbons (Fsp3) is 0.111. The van der Waals surface area contributed by atoms with E-state index in [-0.39, 0.29) is 27.3 Å². The van der Waals surface area contributed by atoms with Crippen molar-refractivity contribution in [2.75, 3.05) is 24.7 Å². The second-order valence-electron chi connectivity index (χ2n) is 6.18. The number of halogens is 4. The number of anilines is 2. The summed E-state index contributed by atoms with van der Waals surface area (Å²) in [5, 5.41) is 8.69. The number of benzene rings is 2. The number of nitrogens with two attached hydrogens (primary N) is 1. The Hall–Kier alpha value is -3.20. The largest absolute Gasteiger partial charge is 0.477 e. The fourth-order valence-corrected chi connectivity index (χ4v) is 3.35. The third-order valence-electron chi connectivity index (χ3n) is 4.16. The summed E-state index contributed by atoms with van der Waals surface area (Å²) in [4.78, 5) is 25.3. The maximum Gasteiger partial charge on any atom is 0.341 e. The number of pyridine rings is 1. The first-order chi connectivity index (χ1) is 13.0. The van der Waals surface area contributed by atoms with E-state index < -0.39 is 40.1 Å². The molecule has 28 heavy (non-hydrogen) atoms. The molecule has 3 N–H and O–H groups in total. The lowest BCUT2D eigenvalue weighted by atomic mass is 10.1. The highest BCUT2D eigenvalue weighted by molar-refractivity contribution is 6.38. The molecule has 0 amide bonds. The predicted octanol–water partition coefficient (Wildman–Crippen LogP) is 3.41. The highest BCUT2D eigenvalue weighted by Crippen LogP contribution is 2.36. The molecule has 0 atom stereocenters. The van der Waals surface area contributed by atoms with Crippen LogP contribution in [0.3, 0.4) is 0 Å². The normalized spacial score (nSPS) is 11.1. The second kappa shape index (κ2) is 6.75. The van der Waals surface area contributed by atoms with E-state index in [1.54, 1.807) is 0 Å². The maximum absolute atomic E-state index is 14.5. The molecule has 0 spiro atoms. The Balaban J connectivity index is 2.60. The van der Waals surface area contributed by atoms with Gasteiger partial charge in [0.15, 0.2) is 0 Å². The molecule has 10 heteroatoms. The topological polar surface area (TPSA) is 88.6 Å². The molecular weight excluding hydrogens is 399 g/mol. The number of aromatic carboxylic acids is 1. The van der Waals surface area contributed by atoms with E-state index in [1.165, 1.54) is 19.0 Å². The molecule has 0 radical (unpaired) electrons. The van der Waals surface area contributed by atoms with Crippen molar-refractivity contribution in [3.8, 4) is 5.69 Å². The summed E-state index contributed by atoms with van der Waals surface area (Å²) in [5.41, 5.74) is 2.75. The number of carboxylic acid groups (broad SMARTS) is 1. The van der Waals surface area contributed by atoms with E-state index in [0.29, 0.717) is 6.07 Å². The van der Waals surface area contributed by atoms with Crippen molar-refractivity contribution in [2.24, 2.45) is 0 Å². The monoisotopic (exact) mass is 411 g/mol. The highest BCUT2D eigenvalue weighted by atomic mass is 35.5. The minimum atomic E-state index is -1.61. The van der Waals surface area contributed by atoms with E-state index in [1.807, 2.05) is 0 Å². The summed E-state index contributed by atoms with van der Waals surface area (Å²) in [7, 11) is 3.00. The van der Waals surface area contributed by atoms with Gasteiger partial charge in [-0.2, -0.15) is 0 Å². The van der Waals surface area contributed by atoms with Crippen LogP contribution in [0.1, 0.15) is 10.4 Å². The van der Waals surface area contributed by atoms with Crippen LogP contribution >= 0.6 is 11.6 Å². The lowest BCUT2D eigenvalue weighted by Crippen LogP contribution is -2.21. The Morgan fingerprint density at radius 1 is 1.14 bits per heavy atom. The van der Waals surface area contributed by atoms with Gasteiger partial charge >= 0.3 is 5.97 Å². The summed E-state index contributed by atoms with van der Waals surface area (Å²) in [6, 6.07) is 2.27. The number of nitrogen functional groups attached to an aromatic ring is 1. The zero-order valence-electron chi connectivity index (χ0n) is 14.6. The smallest absolute Gasteiger partial charge is 0.341 e. The molecule has 3 rings (SSSR count). The molecule has 6 nitrogen and oxygen atoms in total. The lowest BCUT2D eigenvalue weighted by Gasteiger charge is -2.20. The van der Waals surface area contributed by atoms with Crippen molar-refractivity contribution in [1.82, 2.24) is 4.57 Å². The molecule has 3 aromatic rings. The van der Waals surface area contributed by atoms with Crippen LogP contribution < -0.4 is 16.1 Å². The third kappa shape index (κ3) is 2.93. The number of aromatic nitrogens is 1. The number of hydrogen-bond acceptors (Lipinski definition) is 4. The molecule has 0 aliphatic carbocycles. The Morgan fingerprint density at radius 2 is 1.79 bits per heavy atom. The Labute approximate surface area is 161 Å². The van der Waals surface area contributed by atoms with E-state index in [2.05, 4.69) is 0 Å². The van der Waals surface area contributed by atoms with Crippen molar-refractivity contribution in [3.05, 3.63) is 62.7 Å². The number of carbonyl (C=O) groups is 1. The van der Waals surface area contributed by atoms with Crippen LogP contribution in [0.5, 0.6) is 0 Å². The molecular formula is C18H13ClF3N3O3. The molecule has 0 saturated heterocycles. The van der Waals surface area contributed by atoms with E-state index in [4.69, 9.17) is 17.3 Å². The number of carboxylic acids is 1. The summed E-state index contributed by atoms with van der Waals surface area (Å²) < 4.78 is 43.5. The molecule has 0 fully saturated rings. The molecule has 0 aliphatic heterocycles. The van der Waals surface area contributed by atoms with Gasteiger partial charge in [-0.3, -0.25) is 4.79 Å². The van der Waals surface area contributed by atoms with Crippen LogP contribution in [-0.4, -0.2) is 29.7 Å². The van der Waals surface area contributed by atoms with Gasteiger partial charge in [0, 0.05) is 26.4 Å². The van der Waals surface area contributed by atoms with Gasteiger partial charge in [-0.15, -0.1) is 0 Å². The van der Waals surface area contributed by atoms with Gasteiger partial charge in [0.05, 0.1) is 33.0 Å². The molecule has 0 saturated carbocycles. The predicted molar refractivity (Wildman–Crippen MR) is 100 cm³/mol. The average molecular weight is 412 g/mol. The van der Waals surface area contributed by atoms with Crippen LogP contribution in [0.15, 0.2) is 29.2 Å². The highest BCUT2D eigenvalue weighted by Gasteiger charge is 2.24. The molecule has 0 aliphatic rings. The second-order valence-corrected chi connectivity index (χ2v) is 6.56. The van der Waals surface area contributed by atoms with Gasteiger partial charge in [0.25, 0.3) is 0 Å². The quantitative estimate of drug-likeness (QED) is 0.645. The Bertz CT molecular complexity index is 1210. The summed E-state index contributed by atoms with van der Waals surface area (Å²) in [6.07, 6.45) is 0.839. The van der Waals surface area contributed by atoms with Crippen LogP contribution in [0, 0.1) is 17.5 Å². The standard InChI is InChI=1S/C18H13ClF3N3O3/c1-24(2)16-11(22)3-7-15(14(16)19)25(6-8(17(7)26)18(27)28)13-5-12(23)9(20)4-10(13)21/h3-6H,23H2,1-2H3,(H,27,28). The first-order valence-corrected chi connectivity index (χ1v) is 8.15. The zero-order chi connectivity index (χ0) is 20.9. The SMILES string of the molecule is CN(C)c1c(F)cc2c(=O)c(C(=O)O)cn(-c3cc(N)c(F)cc3F)c2c1Cl. The van der Waals surface area contributed by atoms with Gasteiger partial charge in [-0.05, 0) is 12.1 Å².